The van der Waals surface area contributed by atoms with E-state index in [4.69, 9.17) is 4.74 Å². The predicted octanol–water partition coefficient (Wildman–Crippen LogP) is -1.02. The Labute approximate surface area is 76.7 Å². The van der Waals surface area contributed by atoms with Gasteiger partial charge < -0.3 is 20.3 Å². The number of nitrogens with one attached hydrogen (secondary N) is 1. The van der Waals surface area contributed by atoms with Crippen molar-refractivity contribution >= 4 is 5.91 Å². The van der Waals surface area contributed by atoms with Gasteiger partial charge in [-0.2, -0.15) is 0 Å². The van der Waals surface area contributed by atoms with Gasteiger partial charge in [0.2, 0.25) is 5.91 Å². The number of rotatable bonds is 1. The number of amides is 1. The van der Waals surface area contributed by atoms with Crippen molar-refractivity contribution in [3.63, 3.8) is 0 Å². The Kier molecular flexibility index (Phi) is 3.24. The van der Waals surface area contributed by atoms with Gasteiger partial charge in [0.05, 0.1) is 12.1 Å². The van der Waals surface area contributed by atoms with Crippen LogP contribution in [0, 0.1) is 0 Å². The lowest BCUT2D eigenvalue weighted by atomic mass is 10.00. The minimum absolute atomic E-state index is 0.217. The van der Waals surface area contributed by atoms with Gasteiger partial charge in [-0.25, -0.2) is 0 Å². The maximum absolute atomic E-state index is 10.7. The van der Waals surface area contributed by atoms with Crippen LogP contribution in [0.3, 0.4) is 0 Å². The minimum Gasteiger partial charge on any atom is -0.388 e. The van der Waals surface area contributed by atoms with Crippen LogP contribution in [0.25, 0.3) is 0 Å². The van der Waals surface area contributed by atoms with Crippen molar-refractivity contribution in [3.05, 3.63) is 0 Å². The van der Waals surface area contributed by atoms with Gasteiger partial charge in [-0.3, -0.25) is 4.79 Å². The first-order valence-corrected chi connectivity index (χ1v) is 4.29. The van der Waals surface area contributed by atoms with Crippen molar-refractivity contribution in [2.45, 2.75) is 44.8 Å². The molecule has 0 radical (unpaired) electrons. The zero-order valence-corrected chi connectivity index (χ0v) is 7.73. The van der Waals surface area contributed by atoms with Crippen LogP contribution in [0.2, 0.25) is 0 Å². The average Bonchev–Trinajstić information content (AvgIpc) is 1.98. The Morgan fingerprint density at radius 3 is 2.69 bits per heavy atom. The van der Waals surface area contributed by atoms with Crippen LogP contribution < -0.4 is 5.32 Å². The van der Waals surface area contributed by atoms with E-state index in [-0.39, 0.29) is 12.3 Å². The molecule has 76 valence electrons. The zero-order chi connectivity index (χ0) is 10.0. The summed E-state index contributed by atoms with van der Waals surface area (Å²) in [5, 5.41) is 21.3. The van der Waals surface area contributed by atoms with Crippen LogP contribution >= 0.6 is 0 Å². The van der Waals surface area contributed by atoms with Gasteiger partial charge in [0, 0.05) is 13.3 Å². The highest BCUT2D eigenvalue weighted by Crippen LogP contribution is 2.18. The number of hydrogen-bond donors (Lipinski definition) is 3. The van der Waals surface area contributed by atoms with Crippen molar-refractivity contribution in [1.82, 2.24) is 5.32 Å². The van der Waals surface area contributed by atoms with Crippen molar-refractivity contribution < 1.29 is 19.7 Å². The molecule has 0 aromatic carbocycles. The molecule has 0 spiro atoms. The van der Waals surface area contributed by atoms with E-state index in [2.05, 4.69) is 5.32 Å². The molecule has 4 atom stereocenters. The Hall–Kier alpha value is -0.650. The van der Waals surface area contributed by atoms with Gasteiger partial charge in [0.1, 0.15) is 6.10 Å². The third-order valence-corrected chi connectivity index (χ3v) is 2.11. The third-order valence-electron chi connectivity index (χ3n) is 2.11. The minimum atomic E-state index is -0.907. The first kappa shape index (κ1) is 10.4. The maximum Gasteiger partial charge on any atom is 0.217 e. The summed E-state index contributed by atoms with van der Waals surface area (Å²) in [4.78, 5) is 10.7. The summed E-state index contributed by atoms with van der Waals surface area (Å²) in [5.41, 5.74) is 0. The molecule has 0 saturated carbocycles. The molecular formula is C8H15NO4. The Balaban J connectivity index is 2.55. The second-order valence-electron chi connectivity index (χ2n) is 3.33. The molecule has 1 amide bonds. The van der Waals surface area contributed by atoms with Crippen molar-refractivity contribution in [3.8, 4) is 0 Å². The molecule has 0 aromatic rings. The van der Waals surface area contributed by atoms with Gasteiger partial charge in [-0.1, -0.05) is 0 Å². The SMILES string of the molecule is CC(=O)N[C@@H]1C[C@H](O)O[C@@H](C)[C@@H]1O. The molecule has 0 aliphatic carbocycles. The number of hydrogen-bond acceptors (Lipinski definition) is 4. The topological polar surface area (TPSA) is 78.8 Å². The molecule has 1 heterocycles. The van der Waals surface area contributed by atoms with E-state index in [1.165, 1.54) is 6.92 Å². The summed E-state index contributed by atoms with van der Waals surface area (Å²) >= 11 is 0. The first-order valence-electron chi connectivity index (χ1n) is 4.29. The summed E-state index contributed by atoms with van der Waals surface area (Å²) < 4.78 is 4.96. The monoisotopic (exact) mass is 189 g/mol. The average molecular weight is 189 g/mol. The molecular weight excluding hydrogens is 174 g/mol. The van der Waals surface area contributed by atoms with Gasteiger partial charge in [-0.15, -0.1) is 0 Å². The first-order chi connectivity index (χ1) is 6.00. The van der Waals surface area contributed by atoms with E-state index in [0.717, 1.165) is 0 Å². The fourth-order valence-corrected chi connectivity index (χ4v) is 1.47. The molecule has 0 bridgehead atoms. The Bertz CT molecular complexity index is 197. The molecule has 5 nitrogen and oxygen atoms in total. The van der Waals surface area contributed by atoms with Crippen LogP contribution in [-0.2, 0) is 9.53 Å². The Morgan fingerprint density at radius 1 is 1.54 bits per heavy atom. The summed E-state index contributed by atoms with van der Waals surface area (Å²) in [6, 6.07) is -0.420. The van der Waals surface area contributed by atoms with Crippen LogP contribution in [-0.4, -0.2) is 40.7 Å². The number of carbonyl (C=O) groups is 1. The number of aliphatic hydroxyl groups excluding tert-OH is 2. The highest BCUT2D eigenvalue weighted by Gasteiger charge is 2.34. The number of aliphatic hydroxyl groups is 2. The lowest BCUT2D eigenvalue weighted by Gasteiger charge is -2.35. The molecule has 5 heteroatoms. The second kappa shape index (κ2) is 4.04. The van der Waals surface area contributed by atoms with Crippen LogP contribution in [0.15, 0.2) is 0 Å². The van der Waals surface area contributed by atoms with E-state index in [0.29, 0.717) is 0 Å². The molecule has 3 N–H and O–H groups in total. The highest BCUT2D eigenvalue weighted by molar-refractivity contribution is 5.73. The van der Waals surface area contributed by atoms with Gasteiger partial charge in [0.25, 0.3) is 0 Å². The fraction of sp³-hybridized carbons (Fsp3) is 0.875. The normalized spacial score (nSPS) is 40.0. The van der Waals surface area contributed by atoms with Crippen molar-refractivity contribution in [2.75, 3.05) is 0 Å². The number of ether oxygens (including phenoxy) is 1. The standard InChI is InChI=1S/C8H15NO4/c1-4-8(12)6(9-5(2)10)3-7(11)13-4/h4,6-8,11-12H,3H2,1-2H3,(H,9,10)/t4-,6+,7+,8-/m0/s1. The second-order valence-corrected chi connectivity index (χ2v) is 3.33. The predicted molar refractivity (Wildman–Crippen MR) is 44.8 cm³/mol. The number of carbonyl (C=O) groups excluding carboxylic acids is 1. The van der Waals surface area contributed by atoms with E-state index >= 15 is 0 Å². The summed E-state index contributed by atoms with van der Waals surface area (Å²) in [6.45, 7) is 3.03. The third kappa shape index (κ3) is 2.65. The quantitative estimate of drug-likeness (QED) is 0.493. The summed E-state index contributed by atoms with van der Waals surface area (Å²) in [5.74, 6) is -0.217. The molecule has 0 aromatic heterocycles. The largest absolute Gasteiger partial charge is 0.388 e. The van der Waals surface area contributed by atoms with Crippen molar-refractivity contribution in [1.29, 1.82) is 0 Å². The van der Waals surface area contributed by atoms with Crippen molar-refractivity contribution in [2.24, 2.45) is 0 Å². The maximum atomic E-state index is 10.7. The molecule has 1 aliphatic rings. The van der Waals surface area contributed by atoms with Crippen LogP contribution in [0.1, 0.15) is 20.3 Å². The van der Waals surface area contributed by atoms with Crippen LogP contribution in [0.4, 0.5) is 0 Å². The van der Waals surface area contributed by atoms with E-state index in [1.807, 2.05) is 0 Å². The molecule has 0 unspecified atom stereocenters. The van der Waals surface area contributed by atoms with Gasteiger partial charge >= 0.3 is 0 Å². The smallest absolute Gasteiger partial charge is 0.217 e. The summed E-state index contributed by atoms with van der Waals surface area (Å²) in [6.07, 6.45) is -1.89. The van der Waals surface area contributed by atoms with E-state index < -0.39 is 24.5 Å². The van der Waals surface area contributed by atoms with Gasteiger partial charge in [0.15, 0.2) is 6.29 Å². The molecule has 13 heavy (non-hydrogen) atoms. The zero-order valence-electron chi connectivity index (χ0n) is 7.73. The molecule has 1 rings (SSSR count). The van der Waals surface area contributed by atoms with Crippen LogP contribution in [0.5, 0.6) is 0 Å². The Morgan fingerprint density at radius 2 is 2.15 bits per heavy atom. The molecule has 1 aliphatic heterocycles. The summed E-state index contributed by atoms with van der Waals surface area (Å²) in [7, 11) is 0. The highest BCUT2D eigenvalue weighted by atomic mass is 16.6. The lowest BCUT2D eigenvalue weighted by Crippen LogP contribution is -2.54. The van der Waals surface area contributed by atoms with E-state index in [1.54, 1.807) is 6.92 Å². The fourth-order valence-electron chi connectivity index (χ4n) is 1.47. The lowest BCUT2D eigenvalue weighted by molar-refractivity contribution is -0.202. The molecule has 1 fully saturated rings. The van der Waals surface area contributed by atoms with E-state index in [9.17, 15) is 15.0 Å². The molecule has 1 saturated heterocycles. The van der Waals surface area contributed by atoms with Gasteiger partial charge in [-0.05, 0) is 6.92 Å².